The van der Waals surface area contributed by atoms with Crippen LogP contribution in [-0.4, -0.2) is 30.0 Å². The van der Waals surface area contributed by atoms with E-state index >= 15 is 0 Å². The molecule has 1 amide bonds. The molecule has 2 N–H and O–H groups in total. The molecule has 0 saturated carbocycles. The van der Waals surface area contributed by atoms with Gasteiger partial charge in [0, 0.05) is 18.1 Å². The molecule has 24 heavy (non-hydrogen) atoms. The SMILES string of the molecule is O=C(N[C@@H]1CC[NH+](Cc2ccccc2)C1)c1ccccc1[N+](=O)[O-]. The molecule has 0 spiro atoms. The minimum absolute atomic E-state index is 0.0519. The number of carbonyl (C=O) groups excluding carboxylic acids is 1. The monoisotopic (exact) mass is 326 g/mol. The van der Waals surface area contributed by atoms with Gasteiger partial charge in [0.1, 0.15) is 12.1 Å². The molecule has 1 saturated heterocycles. The Bertz CT molecular complexity index is 733. The Kier molecular flexibility index (Phi) is 4.86. The number of nitro benzene ring substituents is 1. The number of amides is 1. The van der Waals surface area contributed by atoms with E-state index in [2.05, 4.69) is 17.4 Å². The number of rotatable bonds is 5. The molecular weight excluding hydrogens is 306 g/mol. The molecule has 2 atom stereocenters. The second kappa shape index (κ2) is 7.23. The quantitative estimate of drug-likeness (QED) is 0.640. The minimum Gasteiger partial charge on any atom is -0.343 e. The third-order valence-electron chi connectivity index (χ3n) is 4.36. The molecule has 0 aromatic heterocycles. The van der Waals surface area contributed by atoms with Crippen molar-refractivity contribution in [1.29, 1.82) is 0 Å². The standard InChI is InChI=1S/C18H19N3O3/c22-18(16-8-4-5-9-17(16)21(23)24)19-15-10-11-20(13-15)12-14-6-2-1-3-7-14/h1-9,15H,10-13H2,(H,19,22)/p+1/t15-/m1/s1. The third-order valence-corrected chi connectivity index (χ3v) is 4.36. The van der Waals surface area contributed by atoms with Crippen molar-refractivity contribution < 1.29 is 14.6 Å². The molecule has 0 aliphatic carbocycles. The van der Waals surface area contributed by atoms with Crippen molar-refractivity contribution in [2.45, 2.75) is 19.0 Å². The Morgan fingerprint density at radius 3 is 2.62 bits per heavy atom. The van der Waals surface area contributed by atoms with E-state index in [9.17, 15) is 14.9 Å². The van der Waals surface area contributed by atoms with Crippen LogP contribution in [0.2, 0.25) is 0 Å². The zero-order valence-electron chi connectivity index (χ0n) is 13.3. The number of quaternary nitrogens is 1. The fourth-order valence-electron chi connectivity index (χ4n) is 3.19. The molecule has 0 bridgehead atoms. The van der Waals surface area contributed by atoms with Gasteiger partial charge in [0.15, 0.2) is 0 Å². The molecule has 124 valence electrons. The molecule has 0 radical (unpaired) electrons. The molecule has 6 heteroatoms. The largest absolute Gasteiger partial charge is 0.343 e. The van der Waals surface area contributed by atoms with Gasteiger partial charge in [-0.05, 0) is 6.07 Å². The first-order chi connectivity index (χ1) is 11.6. The van der Waals surface area contributed by atoms with Crippen LogP contribution in [0.4, 0.5) is 5.69 Å². The first-order valence-electron chi connectivity index (χ1n) is 8.05. The van der Waals surface area contributed by atoms with Gasteiger partial charge in [-0.2, -0.15) is 0 Å². The Labute approximate surface area is 140 Å². The van der Waals surface area contributed by atoms with Crippen molar-refractivity contribution in [1.82, 2.24) is 5.32 Å². The maximum Gasteiger partial charge on any atom is 0.282 e. The van der Waals surface area contributed by atoms with Gasteiger partial charge in [0.2, 0.25) is 0 Å². The van der Waals surface area contributed by atoms with Gasteiger partial charge < -0.3 is 10.2 Å². The van der Waals surface area contributed by atoms with Crippen LogP contribution in [-0.2, 0) is 6.54 Å². The fourth-order valence-corrected chi connectivity index (χ4v) is 3.19. The smallest absolute Gasteiger partial charge is 0.282 e. The van der Waals surface area contributed by atoms with Crippen molar-refractivity contribution >= 4 is 11.6 Å². The zero-order chi connectivity index (χ0) is 16.9. The molecule has 2 aromatic carbocycles. The van der Waals surface area contributed by atoms with E-state index in [0.717, 1.165) is 26.1 Å². The van der Waals surface area contributed by atoms with Gasteiger partial charge in [0.25, 0.3) is 11.6 Å². The van der Waals surface area contributed by atoms with Crippen molar-refractivity contribution in [2.75, 3.05) is 13.1 Å². The second-order valence-electron chi connectivity index (χ2n) is 6.10. The number of hydrogen-bond donors (Lipinski definition) is 2. The number of para-hydroxylation sites is 1. The third kappa shape index (κ3) is 3.78. The summed E-state index contributed by atoms with van der Waals surface area (Å²) in [5.74, 6) is -0.367. The summed E-state index contributed by atoms with van der Waals surface area (Å²) in [7, 11) is 0. The van der Waals surface area contributed by atoms with Crippen LogP contribution in [0.3, 0.4) is 0 Å². The molecule has 6 nitrogen and oxygen atoms in total. The lowest BCUT2D eigenvalue weighted by Gasteiger charge is -2.14. The number of nitrogens with one attached hydrogen (secondary N) is 2. The van der Waals surface area contributed by atoms with Gasteiger partial charge in [-0.3, -0.25) is 14.9 Å². The molecule has 2 aromatic rings. The van der Waals surface area contributed by atoms with Gasteiger partial charge in [-0.15, -0.1) is 0 Å². The van der Waals surface area contributed by atoms with Gasteiger partial charge in [0.05, 0.1) is 24.1 Å². The molecule has 3 rings (SSSR count). The summed E-state index contributed by atoms with van der Waals surface area (Å²) in [6.45, 7) is 2.75. The average molecular weight is 326 g/mol. The predicted molar refractivity (Wildman–Crippen MR) is 89.8 cm³/mol. The van der Waals surface area contributed by atoms with Crippen LogP contribution in [0.15, 0.2) is 54.6 Å². The number of hydrogen-bond acceptors (Lipinski definition) is 3. The van der Waals surface area contributed by atoms with Crippen molar-refractivity contribution in [3.8, 4) is 0 Å². The predicted octanol–water partition coefficient (Wildman–Crippen LogP) is 1.18. The highest BCUT2D eigenvalue weighted by molar-refractivity contribution is 5.98. The average Bonchev–Trinajstić information content (AvgIpc) is 3.02. The highest BCUT2D eigenvalue weighted by Crippen LogP contribution is 2.17. The zero-order valence-corrected chi connectivity index (χ0v) is 13.3. The summed E-state index contributed by atoms with van der Waals surface area (Å²) in [6, 6.07) is 16.4. The van der Waals surface area contributed by atoms with Crippen LogP contribution < -0.4 is 10.2 Å². The number of benzene rings is 2. The number of nitrogens with zero attached hydrogens (tertiary/aromatic N) is 1. The summed E-state index contributed by atoms with van der Waals surface area (Å²) in [4.78, 5) is 24.3. The summed E-state index contributed by atoms with van der Waals surface area (Å²) >= 11 is 0. The maximum atomic E-state index is 12.4. The first-order valence-corrected chi connectivity index (χ1v) is 8.05. The molecule has 1 heterocycles. The molecule has 1 fully saturated rings. The Hall–Kier alpha value is -2.73. The maximum absolute atomic E-state index is 12.4. The summed E-state index contributed by atoms with van der Waals surface area (Å²) in [6.07, 6.45) is 0.883. The van der Waals surface area contributed by atoms with E-state index < -0.39 is 4.92 Å². The lowest BCUT2D eigenvalue weighted by molar-refractivity contribution is -0.901. The highest BCUT2D eigenvalue weighted by atomic mass is 16.6. The summed E-state index contributed by atoms with van der Waals surface area (Å²) in [5.41, 5.74) is 1.25. The second-order valence-corrected chi connectivity index (χ2v) is 6.10. The van der Waals surface area contributed by atoms with Crippen LogP contribution >= 0.6 is 0 Å². The van der Waals surface area contributed by atoms with Crippen molar-refractivity contribution in [2.24, 2.45) is 0 Å². The van der Waals surface area contributed by atoms with E-state index in [1.165, 1.54) is 22.6 Å². The van der Waals surface area contributed by atoms with E-state index in [-0.39, 0.29) is 23.2 Å². The lowest BCUT2D eigenvalue weighted by Crippen LogP contribution is -3.09. The topological polar surface area (TPSA) is 76.7 Å². The Morgan fingerprint density at radius 1 is 1.17 bits per heavy atom. The van der Waals surface area contributed by atoms with Crippen LogP contribution in [0.1, 0.15) is 22.3 Å². The Morgan fingerprint density at radius 2 is 1.88 bits per heavy atom. The molecular formula is C18H20N3O3+. The van der Waals surface area contributed by atoms with Crippen LogP contribution in [0, 0.1) is 10.1 Å². The summed E-state index contributed by atoms with van der Waals surface area (Å²) in [5, 5.41) is 14.0. The normalized spacial score (nSPS) is 19.8. The van der Waals surface area contributed by atoms with Gasteiger partial charge in [-0.1, -0.05) is 42.5 Å². The molecule has 1 aliphatic rings. The minimum atomic E-state index is -0.517. The van der Waals surface area contributed by atoms with Crippen LogP contribution in [0.5, 0.6) is 0 Å². The number of likely N-dealkylation sites (tertiary alicyclic amines) is 1. The fraction of sp³-hybridized carbons (Fsp3) is 0.278. The molecule has 1 aliphatic heterocycles. The Balaban J connectivity index is 1.59. The van der Waals surface area contributed by atoms with Gasteiger partial charge in [-0.25, -0.2) is 0 Å². The first kappa shape index (κ1) is 16.1. The van der Waals surface area contributed by atoms with E-state index in [0.29, 0.717) is 0 Å². The van der Waals surface area contributed by atoms with E-state index in [1.807, 2.05) is 18.2 Å². The summed E-state index contributed by atoms with van der Waals surface area (Å²) < 4.78 is 0. The van der Waals surface area contributed by atoms with Crippen LogP contribution in [0.25, 0.3) is 0 Å². The number of nitro groups is 1. The van der Waals surface area contributed by atoms with Crippen molar-refractivity contribution in [3.05, 3.63) is 75.8 Å². The molecule has 1 unspecified atom stereocenters. The van der Waals surface area contributed by atoms with E-state index in [1.54, 1.807) is 12.1 Å². The van der Waals surface area contributed by atoms with E-state index in [4.69, 9.17) is 0 Å². The lowest BCUT2D eigenvalue weighted by atomic mass is 10.1. The van der Waals surface area contributed by atoms with Gasteiger partial charge >= 0.3 is 0 Å². The highest BCUT2D eigenvalue weighted by Gasteiger charge is 2.29. The van der Waals surface area contributed by atoms with Crippen molar-refractivity contribution in [3.63, 3.8) is 0 Å². The number of carbonyl (C=O) groups is 1.